The van der Waals surface area contributed by atoms with Crippen molar-refractivity contribution in [2.24, 2.45) is 0 Å². The average Bonchev–Trinajstić information content (AvgIpc) is 3.18. The summed E-state index contributed by atoms with van der Waals surface area (Å²) in [5, 5.41) is 0. The molecule has 0 unspecified atom stereocenters. The lowest BCUT2D eigenvalue weighted by Crippen LogP contribution is -2.10. The fourth-order valence-electron chi connectivity index (χ4n) is 3.93. The molecule has 27 heavy (non-hydrogen) atoms. The van der Waals surface area contributed by atoms with E-state index in [1.807, 2.05) is 6.92 Å². The fraction of sp³-hybridized carbons (Fsp3) is 0.308. The number of hydrogen-bond acceptors (Lipinski definition) is 1. The van der Waals surface area contributed by atoms with Crippen LogP contribution in [0.4, 0.5) is 0 Å². The number of fused-ring (bicyclic) bond motifs is 1. The number of aryl methyl sites for hydroxylation is 3. The molecular formula is C26H28O. The topological polar surface area (TPSA) is 13.1 Å². The van der Waals surface area contributed by atoms with Crippen molar-refractivity contribution in [3.63, 3.8) is 0 Å². The van der Waals surface area contributed by atoms with Crippen LogP contribution in [0.5, 0.6) is 0 Å². The summed E-state index contributed by atoms with van der Waals surface area (Å²) in [4.78, 5) is 0. The number of allylic oxidation sites excluding steroid dienone is 1. The quantitative estimate of drug-likeness (QED) is 0.471. The van der Waals surface area contributed by atoms with Crippen molar-refractivity contribution in [2.75, 3.05) is 0 Å². The molecule has 0 N–H and O–H groups in total. The van der Waals surface area contributed by atoms with Gasteiger partial charge in [-0.15, -0.1) is 0 Å². The highest BCUT2D eigenvalue weighted by atomic mass is 16.3. The van der Waals surface area contributed by atoms with Gasteiger partial charge in [-0.1, -0.05) is 57.2 Å². The zero-order valence-electron chi connectivity index (χ0n) is 17.2. The number of furan rings is 1. The van der Waals surface area contributed by atoms with Gasteiger partial charge in [0.2, 0.25) is 0 Å². The van der Waals surface area contributed by atoms with E-state index in [4.69, 9.17) is 4.42 Å². The first-order valence-corrected chi connectivity index (χ1v) is 9.75. The molecule has 0 radical (unpaired) electrons. The van der Waals surface area contributed by atoms with Crippen molar-refractivity contribution in [3.05, 3.63) is 81.8 Å². The van der Waals surface area contributed by atoms with E-state index in [-0.39, 0.29) is 5.41 Å². The molecule has 1 aliphatic rings. The molecule has 0 saturated heterocycles. The number of benzene rings is 2. The van der Waals surface area contributed by atoms with Gasteiger partial charge >= 0.3 is 0 Å². The molecule has 0 fully saturated rings. The van der Waals surface area contributed by atoms with Gasteiger partial charge in [-0.2, -0.15) is 0 Å². The lowest BCUT2D eigenvalue weighted by atomic mass is 9.85. The van der Waals surface area contributed by atoms with E-state index in [0.717, 1.165) is 17.9 Å². The van der Waals surface area contributed by atoms with Gasteiger partial charge in [-0.3, -0.25) is 0 Å². The summed E-state index contributed by atoms with van der Waals surface area (Å²) in [5.41, 5.74) is 10.7. The molecule has 4 rings (SSSR count). The summed E-state index contributed by atoms with van der Waals surface area (Å²) in [6.07, 6.45) is 3.27. The first-order chi connectivity index (χ1) is 12.7. The lowest BCUT2D eigenvalue weighted by molar-refractivity contribution is 0.518. The van der Waals surface area contributed by atoms with E-state index in [1.165, 1.54) is 44.5 Å². The van der Waals surface area contributed by atoms with Crippen LogP contribution in [-0.4, -0.2) is 0 Å². The first-order valence-electron chi connectivity index (χ1n) is 9.75. The SMILES string of the molecule is Cc1cc(C2=Cc3c(ccc(C)c3-c3ccc(C(C)(C)C)cc3)C2)oc1C. The van der Waals surface area contributed by atoms with Crippen molar-refractivity contribution < 1.29 is 4.42 Å². The molecule has 2 aromatic carbocycles. The molecule has 138 valence electrons. The van der Waals surface area contributed by atoms with Gasteiger partial charge in [0.15, 0.2) is 0 Å². The minimum Gasteiger partial charge on any atom is -0.461 e. The van der Waals surface area contributed by atoms with Crippen molar-refractivity contribution >= 4 is 11.6 Å². The molecule has 0 bridgehead atoms. The van der Waals surface area contributed by atoms with Crippen LogP contribution in [0.2, 0.25) is 0 Å². The Hall–Kier alpha value is -2.54. The van der Waals surface area contributed by atoms with Gasteiger partial charge in [-0.25, -0.2) is 0 Å². The summed E-state index contributed by atoms with van der Waals surface area (Å²) in [6.45, 7) is 13.1. The predicted molar refractivity (Wildman–Crippen MR) is 115 cm³/mol. The van der Waals surface area contributed by atoms with Gasteiger partial charge in [0.05, 0.1) is 0 Å². The van der Waals surface area contributed by atoms with Crippen LogP contribution >= 0.6 is 0 Å². The zero-order chi connectivity index (χ0) is 19.3. The second-order valence-corrected chi connectivity index (χ2v) is 8.85. The predicted octanol–water partition coefficient (Wildman–Crippen LogP) is 7.27. The Morgan fingerprint density at radius 2 is 1.56 bits per heavy atom. The van der Waals surface area contributed by atoms with Crippen molar-refractivity contribution in [1.29, 1.82) is 0 Å². The van der Waals surface area contributed by atoms with Crippen LogP contribution in [0, 0.1) is 20.8 Å². The third kappa shape index (κ3) is 3.16. The second kappa shape index (κ2) is 6.27. The molecule has 1 heteroatoms. The maximum atomic E-state index is 5.99. The molecule has 1 nitrogen and oxygen atoms in total. The minimum absolute atomic E-state index is 0.175. The summed E-state index contributed by atoms with van der Waals surface area (Å²) < 4.78 is 5.99. The van der Waals surface area contributed by atoms with E-state index in [2.05, 4.69) is 83.2 Å². The Kier molecular flexibility index (Phi) is 4.14. The van der Waals surface area contributed by atoms with Gasteiger partial charge in [0.25, 0.3) is 0 Å². The van der Waals surface area contributed by atoms with Crippen molar-refractivity contribution in [1.82, 2.24) is 0 Å². The Morgan fingerprint density at radius 3 is 2.15 bits per heavy atom. The highest BCUT2D eigenvalue weighted by Crippen LogP contribution is 2.40. The van der Waals surface area contributed by atoms with Crippen LogP contribution in [-0.2, 0) is 11.8 Å². The standard InChI is InChI=1S/C26H28O/c1-16-7-8-20-14-21(24-13-17(2)18(3)27-24)15-23(20)25(16)19-9-11-22(12-10-19)26(4,5)6/h7-13,15H,14H2,1-6H3. The van der Waals surface area contributed by atoms with Crippen LogP contribution in [0.3, 0.4) is 0 Å². The number of hydrogen-bond donors (Lipinski definition) is 0. The maximum Gasteiger partial charge on any atom is 0.130 e. The molecule has 1 aromatic heterocycles. The molecule has 3 aromatic rings. The van der Waals surface area contributed by atoms with E-state index in [9.17, 15) is 0 Å². The minimum atomic E-state index is 0.175. The maximum absolute atomic E-state index is 5.99. The van der Waals surface area contributed by atoms with Crippen molar-refractivity contribution in [2.45, 2.75) is 53.4 Å². The first kappa shape index (κ1) is 17.9. The molecule has 0 saturated carbocycles. The monoisotopic (exact) mass is 356 g/mol. The van der Waals surface area contributed by atoms with E-state index >= 15 is 0 Å². The largest absolute Gasteiger partial charge is 0.461 e. The summed E-state index contributed by atoms with van der Waals surface area (Å²) in [5.74, 6) is 2.02. The van der Waals surface area contributed by atoms with Crippen LogP contribution in [0.1, 0.15) is 60.1 Å². The third-order valence-corrected chi connectivity index (χ3v) is 5.77. The number of rotatable bonds is 2. The van der Waals surface area contributed by atoms with Gasteiger partial charge in [-0.05, 0) is 82.8 Å². The van der Waals surface area contributed by atoms with Gasteiger partial charge < -0.3 is 4.42 Å². The van der Waals surface area contributed by atoms with E-state index in [1.54, 1.807) is 0 Å². The van der Waals surface area contributed by atoms with E-state index < -0.39 is 0 Å². The molecule has 1 aliphatic carbocycles. The van der Waals surface area contributed by atoms with Crippen LogP contribution in [0.15, 0.2) is 46.9 Å². The highest BCUT2D eigenvalue weighted by Gasteiger charge is 2.22. The highest BCUT2D eigenvalue weighted by molar-refractivity contribution is 5.94. The Balaban J connectivity index is 1.79. The van der Waals surface area contributed by atoms with Crippen LogP contribution < -0.4 is 0 Å². The summed E-state index contributed by atoms with van der Waals surface area (Å²) >= 11 is 0. The molecular weight excluding hydrogens is 328 g/mol. The smallest absolute Gasteiger partial charge is 0.130 e. The molecule has 0 atom stereocenters. The Labute approximate surface area is 162 Å². The van der Waals surface area contributed by atoms with Crippen molar-refractivity contribution in [3.8, 4) is 11.1 Å². The lowest BCUT2D eigenvalue weighted by Gasteiger charge is -2.20. The zero-order valence-corrected chi connectivity index (χ0v) is 17.2. The average molecular weight is 357 g/mol. The second-order valence-electron chi connectivity index (χ2n) is 8.85. The molecule has 0 aliphatic heterocycles. The Morgan fingerprint density at radius 1 is 0.852 bits per heavy atom. The van der Waals surface area contributed by atoms with Gasteiger partial charge in [0.1, 0.15) is 11.5 Å². The normalized spacial score (nSPS) is 13.6. The van der Waals surface area contributed by atoms with E-state index in [0.29, 0.717) is 0 Å². The third-order valence-electron chi connectivity index (χ3n) is 5.77. The fourth-order valence-corrected chi connectivity index (χ4v) is 3.93. The summed E-state index contributed by atoms with van der Waals surface area (Å²) in [6, 6.07) is 15.8. The summed E-state index contributed by atoms with van der Waals surface area (Å²) in [7, 11) is 0. The van der Waals surface area contributed by atoms with Gasteiger partial charge in [0, 0.05) is 6.42 Å². The molecule has 1 heterocycles. The van der Waals surface area contributed by atoms with Crippen LogP contribution in [0.25, 0.3) is 22.8 Å². The Bertz CT molecular complexity index is 1020. The molecule has 0 amide bonds. The molecule has 0 spiro atoms.